The van der Waals surface area contributed by atoms with Gasteiger partial charge in [0.05, 0.1) is 29.9 Å². The van der Waals surface area contributed by atoms with Crippen LogP contribution in [0.3, 0.4) is 0 Å². The second-order valence-corrected chi connectivity index (χ2v) is 21.6. The average Bonchev–Trinajstić information content (AvgIpc) is 4.13. The monoisotopic (exact) mass is 917 g/mol. The van der Waals surface area contributed by atoms with Gasteiger partial charge >= 0.3 is 12.3 Å². The van der Waals surface area contributed by atoms with Gasteiger partial charge in [0.25, 0.3) is 5.91 Å². The minimum absolute atomic E-state index is 0.0267. The Hall–Kier alpha value is -4.65. The van der Waals surface area contributed by atoms with E-state index in [0.29, 0.717) is 49.7 Å². The minimum atomic E-state index is -4.94. The summed E-state index contributed by atoms with van der Waals surface area (Å²) in [5, 5.41) is 8.17. The number of pyridine rings is 1. The van der Waals surface area contributed by atoms with E-state index in [1.165, 1.54) is 11.0 Å². The van der Waals surface area contributed by atoms with Crippen molar-refractivity contribution in [2.24, 2.45) is 11.8 Å². The lowest BCUT2D eigenvalue weighted by molar-refractivity contribution is -0.664. The van der Waals surface area contributed by atoms with E-state index in [9.17, 15) is 40.8 Å². The molecule has 2 saturated heterocycles. The molecule has 4 fully saturated rings. The number of hydrogen-bond acceptors (Lipinski definition) is 10. The highest BCUT2D eigenvalue weighted by Crippen LogP contribution is 2.51. The molecule has 0 bridgehead atoms. The van der Waals surface area contributed by atoms with Crippen molar-refractivity contribution in [3.05, 3.63) is 41.6 Å². The molecule has 2 saturated carbocycles. The number of piperidine rings is 1. The molecule has 8 rings (SSSR count). The fraction of sp³-hybridized carbons (Fsp3) is 0.667. The molecule has 1 spiro atoms. The lowest BCUT2D eigenvalue weighted by Crippen LogP contribution is -2.86. The fourth-order valence-corrected chi connectivity index (χ4v) is 10.8. The molecule has 6 atom stereocenters. The van der Waals surface area contributed by atoms with Crippen LogP contribution in [0, 0.1) is 11.8 Å². The summed E-state index contributed by atoms with van der Waals surface area (Å²) in [6.45, 7) is 8.50. The lowest BCUT2D eigenvalue weighted by Gasteiger charge is -2.37. The smallest absolute Gasteiger partial charge is 0.437 e. The second-order valence-electron chi connectivity index (χ2n) is 19.4. The van der Waals surface area contributed by atoms with Crippen LogP contribution in [0.1, 0.15) is 116 Å². The Morgan fingerprint density at radius 2 is 1.80 bits per heavy atom. The van der Waals surface area contributed by atoms with Gasteiger partial charge in [-0.25, -0.2) is 18.2 Å². The molecule has 5 N–H and O–H groups in total. The van der Waals surface area contributed by atoms with Crippen LogP contribution in [0.2, 0.25) is 0 Å². The summed E-state index contributed by atoms with van der Waals surface area (Å²) in [6, 6.07) is 2.26. The van der Waals surface area contributed by atoms with Crippen LogP contribution in [0.5, 0.6) is 11.5 Å². The number of amides is 4. The fourth-order valence-electron chi connectivity index (χ4n) is 9.46. The van der Waals surface area contributed by atoms with Crippen molar-refractivity contribution in [1.29, 1.82) is 0 Å². The summed E-state index contributed by atoms with van der Waals surface area (Å²) in [5.41, 5.74) is -4.04. The number of nitrogens with two attached hydrogens (primary N) is 1. The van der Waals surface area contributed by atoms with E-state index in [0.717, 1.165) is 25.9 Å². The highest BCUT2D eigenvalue weighted by atomic mass is 32.2. The Morgan fingerprint density at radius 1 is 1.05 bits per heavy atom. The van der Waals surface area contributed by atoms with E-state index in [4.69, 9.17) is 14.2 Å². The molecule has 4 aliphatic heterocycles. The number of benzene rings is 1. The topological polar surface area (TPSA) is 199 Å². The van der Waals surface area contributed by atoms with Crippen molar-refractivity contribution in [3.63, 3.8) is 0 Å². The van der Waals surface area contributed by atoms with E-state index in [2.05, 4.69) is 25.7 Å². The van der Waals surface area contributed by atoms with Crippen LogP contribution in [0.4, 0.5) is 18.0 Å². The molecule has 2 aromatic rings. The first-order chi connectivity index (χ1) is 30.2. The quantitative estimate of drug-likeness (QED) is 0.273. The zero-order chi connectivity index (χ0) is 45.8. The van der Waals surface area contributed by atoms with E-state index in [1.54, 1.807) is 32.1 Å². The number of aromatic nitrogens is 1. The maximum atomic E-state index is 15.0. The summed E-state index contributed by atoms with van der Waals surface area (Å²) < 4.78 is 91.0. The summed E-state index contributed by atoms with van der Waals surface area (Å²) >= 11 is 0. The van der Waals surface area contributed by atoms with Crippen molar-refractivity contribution in [2.75, 3.05) is 19.6 Å². The SMILES string of the molecule is CC(C)[C@H](C)OC(=O)N[C@H]1CCCCC/C=C\[C@@H]2C[C@@]2(C(=O)NS(=O)(=O)C2(C)CC2)NC(=O)[C@@H]2C[C@]3(CCc4c(c(C(F)(F)F)nc5ccc(OC6CC[NH2+]CC6)cc45)O3)CN2C1=O. The van der Waals surface area contributed by atoms with Crippen molar-refractivity contribution >= 4 is 44.7 Å². The number of fused-ring (bicyclic) bond motifs is 5. The van der Waals surface area contributed by atoms with Gasteiger partial charge in [-0.15, -0.1) is 0 Å². The third-order valence-electron chi connectivity index (χ3n) is 14.3. The van der Waals surface area contributed by atoms with Crippen molar-refractivity contribution in [2.45, 2.75) is 158 Å². The maximum absolute atomic E-state index is 15.0. The number of nitrogens with zero attached hydrogens (tertiary/aromatic N) is 2. The van der Waals surface area contributed by atoms with Crippen LogP contribution in [0.15, 0.2) is 30.4 Å². The predicted octanol–water partition coefficient (Wildman–Crippen LogP) is 4.56. The average molecular weight is 918 g/mol. The Labute approximate surface area is 371 Å². The van der Waals surface area contributed by atoms with E-state index in [1.807, 2.05) is 19.9 Å². The number of nitrogens with one attached hydrogen (secondary N) is 3. The Bertz CT molecular complexity index is 2320. The van der Waals surface area contributed by atoms with E-state index < -0.39 is 91.5 Å². The Balaban J connectivity index is 1.15. The van der Waals surface area contributed by atoms with Gasteiger partial charge in [0.15, 0.2) is 11.4 Å². The number of alkyl halides is 3. The molecule has 19 heteroatoms. The highest BCUT2D eigenvalue weighted by Gasteiger charge is 2.64. The van der Waals surface area contributed by atoms with Crippen LogP contribution >= 0.6 is 0 Å². The molecule has 1 aromatic heterocycles. The van der Waals surface area contributed by atoms with Crippen LogP contribution in [-0.2, 0) is 41.7 Å². The van der Waals surface area contributed by atoms with Gasteiger partial charge < -0.3 is 35.1 Å². The molecule has 4 amide bonds. The molecule has 0 unspecified atom stereocenters. The standard InChI is InChI=1S/C45H59F3N6O9S/c1-26(2)27(3)61-41(58)51-34-11-9-7-5-6-8-10-28-23-44(28,40(57)53-64(59,60)42(4)18-19-42)52-38(55)35-24-43(25-54(35)39(34)56)17-14-31-32-22-30(62-29-15-20-49-21-16-29)12-13-33(32)50-37(36(31)63-43)45(46,47)48/h8,10,12-13,22,26-29,34-35,49H,5-7,9,11,14-21,23-25H2,1-4H3,(H,51,58)(H,52,55)(H,53,57)/p+1/b10-8-/t27-,28+,34-,35-,43+,44+/m0/s1. The van der Waals surface area contributed by atoms with Gasteiger partial charge in [-0.05, 0) is 89.3 Å². The van der Waals surface area contributed by atoms with Gasteiger partial charge in [0.2, 0.25) is 21.8 Å². The normalized spacial score (nSPS) is 29.5. The van der Waals surface area contributed by atoms with Gasteiger partial charge in [-0.1, -0.05) is 38.8 Å². The van der Waals surface area contributed by atoms with E-state index in [-0.39, 0.29) is 61.8 Å². The molecule has 1 aromatic carbocycles. The highest BCUT2D eigenvalue weighted by molar-refractivity contribution is 7.91. The first-order valence-corrected chi connectivity index (χ1v) is 24.3. The van der Waals surface area contributed by atoms with Gasteiger partial charge in [-0.3, -0.25) is 19.1 Å². The Morgan fingerprint density at radius 3 is 2.50 bits per heavy atom. The molecular formula is C45H60F3N6O9S+. The number of hydrogen-bond donors (Lipinski definition) is 4. The lowest BCUT2D eigenvalue weighted by atomic mass is 9.87. The van der Waals surface area contributed by atoms with Gasteiger partial charge in [0.1, 0.15) is 41.2 Å². The van der Waals surface area contributed by atoms with Crippen molar-refractivity contribution in [3.8, 4) is 11.5 Å². The summed E-state index contributed by atoms with van der Waals surface area (Å²) in [7, 11) is -4.10. The maximum Gasteiger partial charge on any atom is 0.437 e. The number of carbonyl (C=O) groups is 4. The number of rotatable bonds is 8. The predicted molar refractivity (Wildman–Crippen MR) is 227 cm³/mol. The number of sulfonamides is 1. The minimum Gasteiger partial charge on any atom is -0.490 e. The number of aryl methyl sites for hydroxylation is 1. The van der Waals surface area contributed by atoms with E-state index >= 15 is 0 Å². The summed E-state index contributed by atoms with van der Waals surface area (Å²) in [4.78, 5) is 62.3. The zero-order valence-corrected chi connectivity index (χ0v) is 37.7. The summed E-state index contributed by atoms with van der Waals surface area (Å²) in [6.07, 6.45) is 2.46. The van der Waals surface area contributed by atoms with Gasteiger partial charge in [0, 0.05) is 36.1 Å². The summed E-state index contributed by atoms with van der Waals surface area (Å²) in [5.74, 6) is -2.95. The third kappa shape index (κ3) is 9.24. The molecule has 350 valence electrons. The molecule has 0 radical (unpaired) electrons. The van der Waals surface area contributed by atoms with Crippen LogP contribution in [-0.4, -0.2) is 102 Å². The number of alkyl carbamates (subject to hydrolysis) is 1. The largest absolute Gasteiger partial charge is 0.490 e. The Kier molecular flexibility index (Phi) is 12.4. The van der Waals surface area contributed by atoms with Crippen molar-refractivity contribution in [1.82, 2.24) is 25.2 Å². The molecule has 6 aliphatic rings. The molecular weight excluding hydrogens is 858 g/mol. The van der Waals surface area contributed by atoms with Gasteiger partial charge in [-0.2, -0.15) is 13.2 Å². The zero-order valence-electron chi connectivity index (χ0n) is 36.9. The first-order valence-electron chi connectivity index (χ1n) is 22.8. The molecule has 15 nitrogen and oxygen atoms in total. The molecule has 64 heavy (non-hydrogen) atoms. The second kappa shape index (κ2) is 17.3. The number of carbonyl (C=O) groups excluding carboxylic acids is 4. The number of quaternary nitrogens is 1. The first kappa shape index (κ1) is 45.9. The number of allylic oxidation sites excluding steroid dienone is 1. The van der Waals surface area contributed by atoms with Crippen LogP contribution < -0.4 is 30.1 Å². The third-order valence-corrected chi connectivity index (χ3v) is 16.4. The molecule has 5 heterocycles. The van der Waals surface area contributed by atoms with Crippen LogP contribution in [0.25, 0.3) is 10.9 Å². The molecule has 2 aliphatic carbocycles. The van der Waals surface area contributed by atoms with Crippen molar-refractivity contribution < 1.29 is 60.3 Å². The number of halogens is 3. The number of ether oxygens (including phenoxy) is 3.